The molecule has 0 aliphatic carbocycles. The number of rotatable bonds is 7. The topological polar surface area (TPSA) is 88.9 Å². The molecule has 9 nitrogen and oxygen atoms in total. The Morgan fingerprint density at radius 3 is 2.33 bits per heavy atom. The molecule has 0 spiro atoms. The predicted octanol–water partition coefficient (Wildman–Crippen LogP) is 2.97. The number of hydrogen-bond acceptors (Lipinski definition) is 8. The van der Waals surface area contributed by atoms with Gasteiger partial charge in [0.2, 0.25) is 0 Å². The largest absolute Gasteiger partial charge is 0.462 e. The first-order valence-corrected chi connectivity index (χ1v) is 12.2. The molecule has 2 aromatic heterocycles. The summed E-state index contributed by atoms with van der Waals surface area (Å²) in [5, 5.41) is 8.63. The van der Waals surface area contributed by atoms with Gasteiger partial charge in [-0.15, -0.1) is 11.3 Å². The molecule has 0 saturated carbocycles. The minimum atomic E-state index is -0.483. The summed E-state index contributed by atoms with van der Waals surface area (Å²) in [7, 11) is 1.93. The van der Waals surface area contributed by atoms with Gasteiger partial charge in [0.15, 0.2) is 5.11 Å². The Morgan fingerprint density at radius 2 is 1.76 bits per heavy atom. The number of anilines is 1. The van der Waals surface area contributed by atoms with E-state index in [0.717, 1.165) is 38.4 Å². The first-order valence-electron chi connectivity index (χ1n) is 11.0. The second-order valence-electron chi connectivity index (χ2n) is 7.81. The van der Waals surface area contributed by atoms with Crippen molar-refractivity contribution in [3.63, 3.8) is 0 Å². The van der Waals surface area contributed by atoms with Crippen molar-refractivity contribution >= 4 is 45.6 Å². The third kappa shape index (κ3) is 5.90. The zero-order valence-corrected chi connectivity index (χ0v) is 21.4. The average Bonchev–Trinajstić information content (AvgIpc) is 3.26. The Labute approximate surface area is 203 Å². The first-order chi connectivity index (χ1) is 15.7. The molecule has 33 heavy (non-hydrogen) atoms. The van der Waals surface area contributed by atoms with Crippen LogP contribution in [0.5, 0.6) is 0 Å². The molecule has 0 amide bonds. The number of nitrogens with one attached hydrogen (secondary N) is 1. The normalized spacial score (nSPS) is 14.3. The van der Waals surface area contributed by atoms with Gasteiger partial charge in [0.1, 0.15) is 9.88 Å². The molecule has 3 rings (SSSR count). The molecule has 0 unspecified atom stereocenters. The van der Waals surface area contributed by atoms with E-state index in [9.17, 15) is 9.59 Å². The molecule has 0 atom stereocenters. The molecule has 3 heterocycles. The number of carbonyl (C=O) groups excluding carboxylic acids is 2. The molecule has 1 saturated heterocycles. The third-order valence-corrected chi connectivity index (χ3v) is 7.02. The van der Waals surface area contributed by atoms with Crippen molar-refractivity contribution in [3.8, 4) is 0 Å². The number of aryl methyl sites for hydroxylation is 2. The van der Waals surface area contributed by atoms with Gasteiger partial charge < -0.3 is 19.7 Å². The SMILES string of the molecule is CCOC(=O)c1sc(NC(=S)N2CCN(Cc3cn(C)nc3C)CC2)c(C(=O)OCC)c1C. The van der Waals surface area contributed by atoms with Crippen molar-refractivity contribution in [1.29, 1.82) is 0 Å². The van der Waals surface area contributed by atoms with Crippen LogP contribution in [0.15, 0.2) is 6.20 Å². The Balaban J connectivity index is 1.68. The van der Waals surface area contributed by atoms with Crippen LogP contribution in [-0.4, -0.2) is 76.0 Å². The Morgan fingerprint density at radius 1 is 1.12 bits per heavy atom. The molecular weight excluding hydrogens is 462 g/mol. The van der Waals surface area contributed by atoms with Crippen molar-refractivity contribution in [2.45, 2.75) is 34.2 Å². The number of thiophene rings is 1. The molecule has 2 aromatic rings. The van der Waals surface area contributed by atoms with Gasteiger partial charge in [0.05, 0.1) is 24.5 Å². The lowest BCUT2D eigenvalue weighted by Gasteiger charge is -2.36. The lowest BCUT2D eigenvalue weighted by Crippen LogP contribution is -2.49. The van der Waals surface area contributed by atoms with E-state index in [1.807, 2.05) is 18.7 Å². The molecule has 1 aliphatic rings. The maximum absolute atomic E-state index is 12.6. The number of esters is 2. The van der Waals surface area contributed by atoms with Gasteiger partial charge in [-0.1, -0.05) is 0 Å². The van der Waals surface area contributed by atoms with Gasteiger partial charge in [0, 0.05) is 51.5 Å². The Kier molecular flexibility index (Phi) is 8.44. The van der Waals surface area contributed by atoms with Gasteiger partial charge in [-0.25, -0.2) is 9.59 Å². The molecular formula is C22H31N5O4S2. The summed E-state index contributed by atoms with van der Waals surface area (Å²) in [4.78, 5) is 29.8. The number of ether oxygens (including phenoxy) is 2. The highest BCUT2D eigenvalue weighted by Crippen LogP contribution is 2.34. The van der Waals surface area contributed by atoms with E-state index in [2.05, 4.69) is 26.4 Å². The van der Waals surface area contributed by atoms with E-state index in [0.29, 0.717) is 26.1 Å². The van der Waals surface area contributed by atoms with E-state index in [1.54, 1.807) is 20.8 Å². The Bertz CT molecular complexity index is 1020. The van der Waals surface area contributed by atoms with Crippen LogP contribution in [0.25, 0.3) is 0 Å². The number of thiocarbonyl (C=S) groups is 1. The number of piperazine rings is 1. The van der Waals surface area contributed by atoms with Crippen molar-refractivity contribution in [1.82, 2.24) is 19.6 Å². The summed E-state index contributed by atoms with van der Waals surface area (Å²) in [6.45, 7) is 11.8. The minimum Gasteiger partial charge on any atom is -0.462 e. The van der Waals surface area contributed by atoms with E-state index in [1.165, 1.54) is 16.9 Å². The summed E-state index contributed by atoms with van der Waals surface area (Å²) < 4.78 is 12.2. The molecule has 0 aromatic carbocycles. The maximum Gasteiger partial charge on any atom is 0.348 e. The molecule has 1 fully saturated rings. The summed E-state index contributed by atoms with van der Waals surface area (Å²) in [6.07, 6.45) is 2.06. The quantitative estimate of drug-likeness (QED) is 0.462. The van der Waals surface area contributed by atoms with Crippen molar-refractivity contribution in [3.05, 3.63) is 33.5 Å². The van der Waals surface area contributed by atoms with Crippen LogP contribution in [0, 0.1) is 13.8 Å². The standard InChI is InChI=1S/C22H31N5O4S2/c1-6-30-20(28)17-14(3)18(21(29)31-7-2)33-19(17)23-22(32)27-10-8-26(9-11-27)13-16-12-25(5)24-15(16)4/h12H,6-11,13H2,1-5H3,(H,23,32). The highest BCUT2D eigenvalue weighted by molar-refractivity contribution is 7.80. The second-order valence-corrected chi connectivity index (χ2v) is 9.22. The van der Waals surface area contributed by atoms with Crippen molar-refractivity contribution < 1.29 is 19.1 Å². The van der Waals surface area contributed by atoms with Crippen molar-refractivity contribution in [2.24, 2.45) is 7.05 Å². The van der Waals surface area contributed by atoms with Gasteiger partial charge >= 0.3 is 11.9 Å². The van der Waals surface area contributed by atoms with Gasteiger partial charge in [0.25, 0.3) is 0 Å². The van der Waals surface area contributed by atoms with Crippen LogP contribution in [0.2, 0.25) is 0 Å². The van der Waals surface area contributed by atoms with E-state index in [4.69, 9.17) is 21.7 Å². The van der Waals surface area contributed by atoms with E-state index >= 15 is 0 Å². The van der Waals surface area contributed by atoms with Crippen molar-refractivity contribution in [2.75, 3.05) is 44.7 Å². The van der Waals surface area contributed by atoms with Crippen LogP contribution in [0.4, 0.5) is 5.00 Å². The summed E-state index contributed by atoms with van der Waals surface area (Å²) in [6, 6.07) is 0. The summed E-state index contributed by atoms with van der Waals surface area (Å²) in [5.41, 5.74) is 3.15. The summed E-state index contributed by atoms with van der Waals surface area (Å²) in [5.74, 6) is -0.937. The number of nitrogens with zero attached hydrogens (tertiary/aromatic N) is 4. The Hall–Kier alpha value is -2.50. The van der Waals surface area contributed by atoms with Gasteiger partial charge in [-0.2, -0.15) is 5.10 Å². The second kappa shape index (κ2) is 11.1. The van der Waals surface area contributed by atoms with Crippen LogP contribution in [-0.2, 0) is 23.1 Å². The maximum atomic E-state index is 12.6. The zero-order chi connectivity index (χ0) is 24.1. The molecule has 0 radical (unpaired) electrons. The highest BCUT2D eigenvalue weighted by Gasteiger charge is 2.28. The minimum absolute atomic E-state index is 0.241. The van der Waals surface area contributed by atoms with E-state index < -0.39 is 11.9 Å². The van der Waals surface area contributed by atoms with Crippen LogP contribution < -0.4 is 5.32 Å². The molecule has 180 valence electrons. The van der Waals surface area contributed by atoms with Gasteiger partial charge in [-0.3, -0.25) is 9.58 Å². The fraction of sp³-hybridized carbons (Fsp3) is 0.545. The third-order valence-electron chi connectivity index (χ3n) is 5.48. The highest BCUT2D eigenvalue weighted by atomic mass is 32.1. The first kappa shape index (κ1) is 25.1. The molecule has 11 heteroatoms. The number of aromatic nitrogens is 2. The number of hydrogen-bond donors (Lipinski definition) is 1. The van der Waals surface area contributed by atoms with Crippen LogP contribution in [0.1, 0.15) is 50.7 Å². The molecule has 1 N–H and O–H groups in total. The van der Waals surface area contributed by atoms with Gasteiger partial charge in [-0.05, 0) is 45.5 Å². The zero-order valence-electron chi connectivity index (χ0n) is 19.8. The van der Waals surface area contributed by atoms with E-state index in [-0.39, 0.29) is 13.2 Å². The average molecular weight is 494 g/mol. The van der Waals surface area contributed by atoms with Crippen LogP contribution in [0.3, 0.4) is 0 Å². The predicted molar refractivity (Wildman–Crippen MR) is 132 cm³/mol. The molecule has 1 aliphatic heterocycles. The number of carbonyl (C=O) groups is 2. The lowest BCUT2D eigenvalue weighted by atomic mass is 10.1. The summed E-state index contributed by atoms with van der Waals surface area (Å²) >= 11 is 6.82. The smallest absolute Gasteiger partial charge is 0.348 e. The molecule has 0 bridgehead atoms. The lowest BCUT2D eigenvalue weighted by molar-refractivity contribution is 0.0527. The fourth-order valence-electron chi connectivity index (χ4n) is 3.77. The van der Waals surface area contributed by atoms with Crippen LogP contribution >= 0.6 is 23.6 Å². The monoisotopic (exact) mass is 493 g/mol. The fourth-order valence-corrected chi connectivity index (χ4v) is 5.21.